The fraction of sp³-hybridized carbons (Fsp3) is 0.308. The van der Waals surface area contributed by atoms with Crippen molar-refractivity contribution in [1.29, 1.82) is 0 Å². The molecule has 0 nitrogen and oxygen atoms in total. The smallest absolute Gasteiger partial charge is 0.0423 e. The fourth-order valence-electron chi connectivity index (χ4n) is 3.72. The number of aryl methyl sites for hydroxylation is 3. The van der Waals surface area contributed by atoms with E-state index in [1.165, 1.54) is 33.4 Å². The number of hydrogen-bond donors (Lipinski definition) is 0. The van der Waals surface area contributed by atoms with E-state index in [-0.39, 0.29) is 96.3 Å². The summed E-state index contributed by atoms with van der Waals surface area (Å²) >= 11 is 0. The van der Waals surface area contributed by atoms with E-state index in [2.05, 4.69) is 100 Å². The molecule has 0 heterocycles. The van der Waals surface area contributed by atoms with Gasteiger partial charge in [-0.1, -0.05) is 93.6 Å². The molecule has 0 amide bonds. The van der Waals surface area contributed by atoms with Gasteiger partial charge < -0.3 is 0 Å². The molecular formula is C26H30RbY. The van der Waals surface area contributed by atoms with Crippen molar-refractivity contribution in [3.05, 3.63) is 106 Å². The van der Waals surface area contributed by atoms with Crippen LogP contribution >= 0.6 is 0 Å². The van der Waals surface area contributed by atoms with Crippen LogP contribution in [-0.4, -0.2) is 58.2 Å². The summed E-state index contributed by atoms with van der Waals surface area (Å²) in [6, 6.07) is 27.5. The molecule has 0 saturated heterocycles. The molecule has 0 atom stereocenters. The molecule has 0 aromatic heterocycles. The van der Waals surface area contributed by atoms with Gasteiger partial charge in [0, 0.05) is 96.3 Å². The van der Waals surface area contributed by atoms with Crippen LogP contribution < -0.4 is 0 Å². The summed E-state index contributed by atoms with van der Waals surface area (Å²) in [6.45, 7) is 8.99. The fourth-order valence-corrected chi connectivity index (χ4v) is 3.72. The number of benzene rings is 3. The summed E-state index contributed by atoms with van der Waals surface area (Å²) in [5.74, 6) is 0. The summed E-state index contributed by atoms with van der Waals surface area (Å²) in [4.78, 5) is 0. The predicted molar refractivity (Wildman–Crippen MR) is 119 cm³/mol. The molecule has 0 unspecified atom stereocenters. The van der Waals surface area contributed by atoms with Gasteiger partial charge in [0.1, 0.15) is 0 Å². The van der Waals surface area contributed by atoms with Gasteiger partial charge in [-0.15, -0.1) is 0 Å². The van der Waals surface area contributed by atoms with Crippen LogP contribution in [0.2, 0.25) is 0 Å². The van der Waals surface area contributed by atoms with E-state index in [0.717, 1.165) is 19.3 Å². The van der Waals surface area contributed by atoms with Crippen LogP contribution in [0.5, 0.6) is 0 Å². The Morgan fingerprint density at radius 1 is 0.500 bits per heavy atom. The zero-order valence-corrected chi connectivity index (χ0v) is 25.9. The molecule has 3 aromatic carbocycles. The predicted octanol–water partition coefficient (Wildman–Crippen LogP) is 6.34. The third kappa shape index (κ3) is 5.83. The molecule has 2 heteroatoms. The van der Waals surface area contributed by atoms with Crippen LogP contribution in [0.15, 0.2) is 72.8 Å². The molecule has 138 valence electrons. The topological polar surface area (TPSA) is 0 Å². The first-order chi connectivity index (χ1) is 12.6. The molecule has 0 N–H and O–H groups in total. The molecule has 28 heavy (non-hydrogen) atoms. The molecule has 0 spiro atoms. The molecule has 0 bridgehead atoms. The van der Waals surface area contributed by atoms with Crippen molar-refractivity contribution < 1.29 is 32.7 Å². The number of rotatable bonds is 6. The first-order valence-corrected chi connectivity index (χ1v) is 9.90. The average molecular weight is 517 g/mol. The molecule has 0 saturated carbocycles. The maximum atomic E-state index is 2.36. The summed E-state index contributed by atoms with van der Waals surface area (Å²) in [6.07, 6.45) is 3.23. The zero-order chi connectivity index (χ0) is 18.6. The molecule has 0 aliphatic carbocycles. The summed E-state index contributed by atoms with van der Waals surface area (Å²) in [7, 11) is 0. The van der Waals surface area contributed by atoms with Crippen molar-refractivity contribution >= 4 is 58.2 Å². The Balaban J connectivity index is 0.00000196. The van der Waals surface area contributed by atoms with Gasteiger partial charge in [-0.2, -0.15) is 0 Å². The Hall–Kier alpha value is 0.569. The Labute approximate surface area is 245 Å². The standard InChI is InChI=1S/C26H30.Rb.Y/c1-5-20-8-14-23(15-9-20)26(4,24-16-10-21(6-2)11-17-24)25-18-12-22(7-3)13-19-25;;/h8-19H,5-7H2,1-4H3;;. The van der Waals surface area contributed by atoms with E-state index in [9.17, 15) is 0 Å². The minimum atomic E-state index is -0.148. The van der Waals surface area contributed by atoms with Crippen molar-refractivity contribution in [2.45, 2.75) is 52.4 Å². The first kappa shape index (κ1) is 26.6. The van der Waals surface area contributed by atoms with Crippen molar-refractivity contribution in [3.63, 3.8) is 0 Å². The molecular weight excluding hydrogens is 487 g/mol. The van der Waals surface area contributed by atoms with E-state index in [0.29, 0.717) is 0 Å². The Morgan fingerprint density at radius 2 is 0.714 bits per heavy atom. The van der Waals surface area contributed by atoms with E-state index < -0.39 is 0 Å². The van der Waals surface area contributed by atoms with Crippen LogP contribution in [0, 0.1) is 0 Å². The van der Waals surface area contributed by atoms with Gasteiger partial charge in [0.15, 0.2) is 0 Å². The third-order valence-corrected chi connectivity index (χ3v) is 5.82. The third-order valence-electron chi connectivity index (χ3n) is 5.82. The Kier molecular flexibility index (Phi) is 11.8. The average Bonchev–Trinajstić information content (AvgIpc) is 2.73. The quantitative estimate of drug-likeness (QED) is 0.335. The minimum absolute atomic E-state index is 0. The normalized spacial score (nSPS) is 10.7. The van der Waals surface area contributed by atoms with Crippen LogP contribution in [-0.2, 0) is 57.4 Å². The summed E-state index contributed by atoms with van der Waals surface area (Å²) < 4.78 is 0. The van der Waals surface area contributed by atoms with Gasteiger partial charge >= 0.3 is 0 Å². The van der Waals surface area contributed by atoms with Crippen molar-refractivity contribution in [2.24, 2.45) is 0 Å². The summed E-state index contributed by atoms with van der Waals surface area (Å²) in [5.41, 5.74) is 8.07. The maximum Gasteiger partial charge on any atom is 0.0423 e. The maximum absolute atomic E-state index is 2.36. The SMILES string of the molecule is CCc1ccc(C(C)(c2ccc(CC)cc2)c2ccc(CC)cc2)cc1.[Rb].[Y]. The molecule has 3 rings (SSSR count). The first-order valence-electron chi connectivity index (χ1n) is 9.90. The monoisotopic (exact) mass is 516 g/mol. The van der Waals surface area contributed by atoms with E-state index in [4.69, 9.17) is 0 Å². The zero-order valence-electron chi connectivity index (χ0n) is 18.1. The van der Waals surface area contributed by atoms with Crippen molar-refractivity contribution in [1.82, 2.24) is 0 Å². The minimum Gasteiger partial charge on any atom is -0.0613 e. The van der Waals surface area contributed by atoms with Crippen LogP contribution in [0.1, 0.15) is 61.1 Å². The molecule has 0 aliphatic heterocycles. The van der Waals surface area contributed by atoms with Crippen LogP contribution in [0.4, 0.5) is 0 Å². The van der Waals surface area contributed by atoms with Crippen molar-refractivity contribution in [2.75, 3.05) is 0 Å². The van der Waals surface area contributed by atoms with Gasteiger partial charge in [-0.05, 0) is 59.6 Å². The molecule has 3 aromatic rings. The van der Waals surface area contributed by atoms with Crippen molar-refractivity contribution in [3.8, 4) is 0 Å². The van der Waals surface area contributed by atoms with E-state index in [1.54, 1.807) is 0 Å². The van der Waals surface area contributed by atoms with Crippen LogP contribution in [0.25, 0.3) is 0 Å². The molecule has 0 fully saturated rings. The van der Waals surface area contributed by atoms with Gasteiger partial charge in [-0.25, -0.2) is 0 Å². The van der Waals surface area contributed by atoms with E-state index in [1.807, 2.05) is 0 Å². The summed E-state index contributed by atoms with van der Waals surface area (Å²) in [5, 5.41) is 0. The van der Waals surface area contributed by atoms with E-state index >= 15 is 0 Å². The second kappa shape index (κ2) is 12.4. The largest absolute Gasteiger partial charge is 0.0613 e. The Bertz CT molecular complexity index is 717. The van der Waals surface area contributed by atoms with Crippen LogP contribution in [0.3, 0.4) is 0 Å². The van der Waals surface area contributed by atoms with Gasteiger partial charge in [0.25, 0.3) is 0 Å². The van der Waals surface area contributed by atoms with Gasteiger partial charge in [0.05, 0.1) is 0 Å². The number of hydrogen-bond acceptors (Lipinski definition) is 0. The van der Waals surface area contributed by atoms with Gasteiger partial charge in [-0.3, -0.25) is 0 Å². The Morgan fingerprint density at radius 3 is 0.893 bits per heavy atom. The second-order valence-corrected chi connectivity index (χ2v) is 7.28. The van der Waals surface area contributed by atoms with Gasteiger partial charge in [0.2, 0.25) is 0 Å². The molecule has 2 radical (unpaired) electrons. The second-order valence-electron chi connectivity index (χ2n) is 7.28. The molecule has 0 aliphatic rings.